The molecule has 1 amide bonds. The molecule has 17 heavy (non-hydrogen) atoms. The Morgan fingerprint density at radius 1 is 1.53 bits per heavy atom. The van der Waals surface area contributed by atoms with E-state index in [4.69, 9.17) is 10.5 Å². The Kier molecular flexibility index (Phi) is 3.96. The van der Waals surface area contributed by atoms with Crippen molar-refractivity contribution < 1.29 is 14.6 Å². The molecule has 0 radical (unpaired) electrons. The summed E-state index contributed by atoms with van der Waals surface area (Å²) in [6.45, 7) is 3.40. The number of aliphatic hydroxyl groups is 1. The number of benzene rings is 1. The van der Waals surface area contributed by atoms with E-state index in [-0.39, 0.29) is 12.5 Å². The Morgan fingerprint density at radius 3 is 2.65 bits per heavy atom. The number of nitrogens with two attached hydrogens (primary N) is 1. The number of nitrogens with one attached hydrogen (secondary N) is 1. The van der Waals surface area contributed by atoms with Crippen LogP contribution in [0.2, 0.25) is 0 Å². The number of rotatable bonds is 4. The van der Waals surface area contributed by atoms with Gasteiger partial charge < -0.3 is 20.9 Å². The molecule has 0 aromatic heterocycles. The van der Waals surface area contributed by atoms with Crippen LogP contribution in [0.25, 0.3) is 0 Å². The summed E-state index contributed by atoms with van der Waals surface area (Å²) < 4.78 is 4.99. The molecule has 0 bridgehead atoms. The van der Waals surface area contributed by atoms with Crippen LogP contribution in [-0.4, -0.2) is 30.3 Å². The van der Waals surface area contributed by atoms with E-state index in [0.717, 1.165) is 0 Å². The molecular weight excluding hydrogens is 220 g/mol. The van der Waals surface area contributed by atoms with Gasteiger partial charge in [-0.15, -0.1) is 0 Å². The van der Waals surface area contributed by atoms with Crippen molar-refractivity contribution in [3.05, 3.63) is 23.8 Å². The van der Waals surface area contributed by atoms with E-state index in [1.165, 1.54) is 7.11 Å². The molecule has 0 unspecified atom stereocenters. The van der Waals surface area contributed by atoms with Crippen molar-refractivity contribution in [2.45, 2.75) is 19.4 Å². The minimum atomic E-state index is -0.948. The number of amides is 1. The average Bonchev–Trinajstić information content (AvgIpc) is 2.24. The number of methoxy groups -OCH3 is 1. The molecule has 0 atom stereocenters. The summed E-state index contributed by atoms with van der Waals surface area (Å²) in [5, 5.41) is 12.1. The highest BCUT2D eigenvalue weighted by Gasteiger charge is 2.16. The molecule has 0 saturated carbocycles. The standard InChI is InChI=1S/C12H18N2O3/c1-12(2,16)7-14-11(15)9-5-4-8(17-3)6-10(9)13/h4-6,16H,7,13H2,1-3H3,(H,14,15). The maximum absolute atomic E-state index is 11.8. The lowest BCUT2D eigenvalue weighted by molar-refractivity contribution is 0.0694. The average molecular weight is 238 g/mol. The largest absolute Gasteiger partial charge is 0.497 e. The molecule has 94 valence electrons. The highest BCUT2D eigenvalue weighted by atomic mass is 16.5. The third kappa shape index (κ3) is 3.96. The monoisotopic (exact) mass is 238 g/mol. The van der Waals surface area contributed by atoms with Gasteiger partial charge in [-0.05, 0) is 26.0 Å². The first-order chi connectivity index (χ1) is 7.83. The van der Waals surface area contributed by atoms with Gasteiger partial charge in [-0.25, -0.2) is 0 Å². The molecule has 1 aromatic carbocycles. The Labute approximate surface area is 101 Å². The highest BCUT2D eigenvalue weighted by molar-refractivity contribution is 5.99. The molecule has 1 rings (SSSR count). The minimum absolute atomic E-state index is 0.164. The van der Waals surface area contributed by atoms with Crippen LogP contribution < -0.4 is 15.8 Å². The molecule has 0 fully saturated rings. The smallest absolute Gasteiger partial charge is 0.253 e. The Bertz CT molecular complexity index is 411. The molecule has 5 nitrogen and oxygen atoms in total. The maximum atomic E-state index is 11.8. The van der Waals surface area contributed by atoms with Gasteiger partial charge in [0.25, 0.3) is 5.91 Å². The van der Waals surface area contributed by atoms with E-state index in [0.29, 0.717) is 17.0 Å². The molecule has 0 aliphatic rings. The van der Waals surface area contributed by atoms with Gasteiger partial charge >= 0.3 is 0 Å². The topological polar surface area (TPSA) is 84.6 Å². The predicted molar refractivity (Wildman–Crippen MR) is 66.0 cm³/mol. The summed E-state index contributed by atoms with van der Waals surface area (Å²) in [6.07, 6.45) is 0. The molecule has 0 aliphatic carbocycles. The summed E-state index contributed by atoms with van der Waals surface area (Å²) in [5.41, 5.74) is 5.50. The van der Waals surface area contributed by atoms with Gasteiger partial charge in [0.2, 0.25) is 0 Å². The molecule has 0 saturated heterocycles. The fourth-order valence-corrected chi connectivity index (χ4v) is 1.27. The first kappa shape index (κ1) is 13.3. The van der Waals surface area contributed by atoms with Crippen molar-refractivity contribution in [3.63, 3.8) is 0 Å². The van der Waals surface area contributed by atoms with Crippen LogP contribution in [0.4, 0.5) is 5.69 Å². The first-order valence-corrected chi connectivity index (χ1v) is 5.27. The van der Waals surface area contributed by atoms with Gasteiger partial charge in [0.15, 0.2) is 0 Å². The number of carbonyl (C=O) groups is 1. The molecule has 1 aromatic rings. The van der Waals surface area contributed by atoms with E-state index in [1.54, 1.807) is 32.0 Å². The van der Waals surface area contributed by atoms with E-state index in [2.05, 4.69) is 5.32 Å². The summed E-state index contributed by atoms with van der Waals surface area (Å²) in [4.78, 5) is 11.8. The van der Waals surface area contributed by atoms with E-state index >= 15 is 0 Å². The van der Waals surface area contributed by atoms with Crippen molar-refractivity contribution in [1.29, 1.82) is 0 Å². The number of hydrogen-bond donors (Lipinski definition) is 3. The minimum Gasteiger partial charge on any atom is -0.497 e. The predicted octanol–water partition coefficient (Wildman–Crippen LogP) is 0.778. The third-order valence-corrected chi connectivity index (χ3v) is 2.18. The molecular formula is C12H18N2O3. The van der Waals surface area contributed by atoms with Crippen molar-refractivity contribution in [3.8, 4) is 5.75 Å². The second kappa shape index (κ2) is 5.05. The van der Waals surface area contributed by atoms with Gasteiger partial charge in [0, 0.05) is 18.3 Å². The number of hydrogen-bond acceptors (Lipinski definition) is 4. The normalized spacial score (nSPS) is 11.1. The maximum Gasteiger partial charge on any atom is 0.253 e. The Hall–Kier alpha value is -1.75. The van der Waals surface area contributed by atoms with Gasteiger partial charge in [0.1, 0.15) is 5.75 Å². The number of carbonyl (C=O) groups excluding carboxylic acids is 1. The van der Waals surface area contributed by atoms with Crippen LogP contribution in [0.1, 0.15) is 24.2 Å². The van der Waals surface area contributed by atoms with Gasteiger partial charge in [-0.3, -0.25) is 4.79 Å². The van der Waals surface area contributed by atoms with Crippen molar-refractivity contribution in [2.24, 2.45) is 0 Å². The summed E-state index contributed by atoms with van der Waals surface area (Å²) in [5.74, 6) is 0.286. The molecule has 0 spiro atoms. The van der Waals surface area contributed by atoms with Crippen LogP contribution in [0.3, 0.4) is 0 Å². The Morgan fingerprint density at radius 2 is 2.18 bits per heavy atom. The first-order valence-electron chi connectivity index (χ1n) is 5.27. The zero-order chi connectivity index (χ0) is 13.1. The second-order valence-corrected chi connectivity index (χ2v) is 4.45. The van der Waals surface area contributed by atoms with Crippen LogP contribution in [0.15, 0.2) is 18.2 Å². The molecule has 0 heterocycles. The second-order valence-electron chi connectivity index (χ2n) is 4.45. The zero-order valence-electron chi connectivity index (χ0n) is 10.3. The van der Waals surface area contributed by atoms with Gasteiger partial charge in [-0.1, -0.05) is 0 Å². The fraction of sp³-hybridized carbons (Fsp3) is 0.417. The highest BCUT2D eigenvalue weighted by Crippen LogP contribution is 2.19. The molecule has 0 aliphatic heterocycles. The number of ether oxygens (including phenoxy) is 1. The lowest BCUT2D eigenvalue weighted by atomic mass is 10.1. The lowest BCUT2D eigenvalue weighted by Gasteiger charge is -2.18. The SMILES string of the molecule is COc1ccc(C(=O)NCC(C)(C)O)c(N)c1. The van der Waals surface area contributed by atoms with E-state index in [1.807, 2.05) is 0 Å². The zero-order valence-corrected chi connectivity index (χ0v) is 10.3. The number of nitrogen functional groups attached to an aromatic ring is 1. The Balaban J connectivity index is 2.76. The summed E-state index contributed by atoms with van der Waals surface area (Å²) >= 11 is 0. The fourth-order valence-electron chi connectivity index (χ4n) is 1.27. The van der Waals surface area contributed by atoms with Crippen molar-refractivity contribution in [2.75, 3.05) is 19.4 Å². The van der Waals surface area contributed by atoms with Gasteiger partial charge in [0.05, 0.1) is 18.3 Å². The number of anilines is 1. The van der Waals surface area contributed by atoms with Crippen LogP contribution in [0.5, 0.6) is 5.75 Å². The summed E-state index contributed by atoms with van der Waals surface area (Å²) in [6, 6.07) is 4.84. The van der Waals surface area contributed by atoms with Crippen LogP contribution in [0, 0.1) is 0 Å². The van der Waals surface area contributed by atoms with Crippen molar-refractivity contribution in [1.82, 2.24) is 5.32 Å². The van der Waals surface area contributed by atoms with Crippen LogP contribution >= 0.6 is 0 Å². The van der Waals surface area contributed by atoms with Crippen molar-refractivity contribution >= 4 is 11.6 Å². The van der Waals surface area contributed by atoms with E-state index < -0.39 is 5.60 Å². The molecule has 5 heteroatoms. The third-order valence-electron chi connectivity index (χ3n) is 2.18. The summed E-state index contributed by atoms with van der Waals surface area (Å²) in [7, 11) is 1.53. The van der Waals surface area contributed by atoms with E-state index in [9.17, 15) is 9.90 Å². The van der Waals surface area contributed by atoms with Crippen LogP contribution in [-0.2, 0) is 0 Å². The van der Waals surface area contributed by atoms with Gasteiger partial charge in [-0.2, -0.15) is 0 Å². The molecule has 4 N–H and O–H groups in total. The lowest BCUT2D eigenvalue weighted by Crippen LogP contribution is -2.38. The quantitative estimate of drug-likeness (QED) is 0.677.